The summed E-state index contributed by atoms with van der Waals surface area (Å²) in [6.45, 7) is 18.5. The fourth-order valence-electron chi connectivity index (χ4n) is 3.14. The normalized spacial score (nSPS) is 20.8. The molecule has 1 heterocycles. The Morgan fingerprint density at radius 2 is 1.72 bits per heavy atom. The van der Waals surface area contributed by atoms with Crippen LogP contribution in [0, 0.1) is 0 Å². The first kappa shape index (κ1) is 23.9. The number of nitrogens with zero attached hydrogens (tertiary/aromatic N) is 1. The van der Waals surface area contributed by atoms with Crippen LogP contribution in [0.4, 0.5) is 4.79 Å². The molecule has 0 N–H and O–H groups in total. The standard InChI is InChI=1S/C23H39NO4Si/c1-22(2,3)27-21(25)24-15-20(28-29(7,8)23(4,5)6)14-19(24)17-26-16-18-12-10-9-11-13-18/h9-13,19-20H,14-17H2,1-8H3/t19-,20+/m1/s1. The molecule has 5 nitrogen and oxygen atoms in total. The van der Waals surface area contributed by atoms with Crippen molar-refractivity contribution in [2.75, 3.05) is 13.2 Å². The molecule has 1 aromatic rings. The van der Waals surface area contributed by atoms with E-state index < -0.39 is 13.9 Å². The van der Waals surface area contributed by atoms with Gasteiger partial charge in [0.25, 0.3) is 0 Å². The lowest BCUT2D eigenvalue weighted by atomic mass is 10.2. The van der Waals surface area contributed by atoms with Crippen LogP contribution in [0.3, 0.4) is 0 Å². The number of carbonyl (C=O) groups is 1. The Hall–Kier alpha value is -1.37. The van der Waals surface area contributed by atoms with Crippen molar-refractivity contribution in [3.63, 3.8) is 0 Å². The van der Waals surface area contributed by atoms with Gasteiger partial charge < -0.3 is 18.8 Å². The van der Waals surface area contributed by atoms with Gasteiger partial charge in [0.05, 0.1) is 25.4 Å². The molecule has 1 saturated heterocycles. The van der Waals surface area contributed by atoms with Crippen LogP contribution >= 0.6 is 0 Å². The summed E-state index contributed by atoms with van der Waals surface area (Å²) >= 11 is 0. The van der Waals surface area contributed by atoms with Gasteiger partial charge >= 0.3 is 6.09 Å². The molecule has 0 aliphatic carbocycles. The second-order valence-corrected chi connectivity index (χ2v) is 15.3. The van der Waals surface area contributed by atoms with E-state index in [0.29, 0.717) is 19.8 Å². The summed E-state index contributed by atoms with van der Waals surface area (Å²) in [5.41, 5.74) is 0.605. The van der Waals surface area contributed by atoms with Crippen molar-refractivity contribution in [1.29, 1.82) is 0 Å². The van der Waals surface area contributed by atoms with Crippen molar-refractivity contribution < 1.29 is 18.7 Å². The first-order valence-electron chi connectivity index (χ1n) is 10.6. The average molecular weight is 422 g/mol. The molecule has 1 aromatic carbocycles. The zero-order valence-electron chi connectivity index (χ0n) is 19.5. The monoisotopic (exact) mass is 421 g/mol. The molecular weight excluding hydrogens is 382 g/mol. The van der Waals surface area contributed by atoms with E-state index in [1.54, 1.807) is 4.90 Å². The molecular formula is C23H39NO4Si. The van der Waals surface area contributed by atoms with Crippen LogP contribution in [0.15, 0.2) is 30.3 Å². The van der Waals surface area contributed by atoms with Gasteiger partial charge in [0.1, 0.15) is 5.60 Å². The third-order valence-electron chi connectivity index (χ3n) is 5.69. The molecule has 29 heavy (non-hydrogen) atoms. The van der Waals surface area contributed by atoms with Crippen molar-refractivity contribution in [3.8, 4) is 0 Å². The van der Waals surface area contributed by atoms with Gasteiger partial charge in [-0.15, -0.1) is 0 Å². The number of benzene rings is 1. The lowest BCUT2D eigenvalue weighted by Gasteiger charge is -2.38. The van der Waals surface area contributed by atoms with Crippen molar-refractivity contribution in [2.24, 2.45) is 0 Å². The Bertz CT molecular complexity index is 664. The van der Waals surface area contributed by atoms with Gasteiger partial charge in [-0.2, -0.15) is 0 Å². The summed E-state index contributed by atoms with van der Waals surface area (Å²) in [5, 5.41) is 0.131. The van der Waals surface area contributed by atoms with Crippen LogP contribution in [-0.2, 0) is 20.5 Å². The molecule has 0 saturated carbocycles. The number of rotatable bonds is 6. The van der Waals surface area contributed by atoms with Crippen LogP contribution < -0.4 is 0 Å². The SMILES string of the molecule is CC(C)(C)OC(=O)N1C[C@@H](O[Si](C)(C)C(C)(C)C)C[C@@H]1COCc1ccccc1. The van der Waals surface area contributed by atoms with E-state index in [-0.39, 0.29) is 23.3 Å². The summed E-state index contributed by atoms with van der Waals surface area (Å²) in [4.78, 5) is 14.6. The van der Waals surface area contributed by atoms with E-state index in [1.165, 1.54) is 0 Å². The van der Waals surface area contributed by atoms with E-state index in [9.17, 15) is 4.79 Å². The summed E-state index contributed by atoms with van der Waals surface area (Å²) in [6.07, 6.45) is 0.515. The zero-order chi connectivity index (χ0) is 21.9. The van der Waals surface area contributed by atoms with E-state index in [1.807, 2.05) is 51.1 Å². The minimum atomic E-state index is -1.91. The Balaban J connectivity index is 2.04. The lowest BCUT2D eigenvalue weighted by Crippen LogP contribution is -2.45. The molecule has 1 fully saturated rings. The minimum absolute atomic E-state index is 0.0220. The van der Waals surface area contributed by atoms with Crippen LogP contribution in [0.2, 0.25) is 18.1 Å². The highest BCUT2D eigenvalue weighted by molar-refractivity contribution is 6.74. The maximum absolute atomic E-state index is 12.8. The number of carbonyl (C=O) groups excluding carboxylic acids is 1. The summed E-state index contributed by atoms with van der Waals surface area (Å²) in [7, 11) is -1.91. The number of ether oxygens (including phenoxy) is 2. The first-order valence-corrected chi connectivity index (χ1v) is 13.5. The van der Waals surface area contributed by atoms with Gasteiger partial charge in [-0.05, 0) is 50.9 Å². The van der Waals surface area contributed by atoms with E-state index in [4.69, 9.17) is 13.9 Å². The van der Waals surface area contributed by atoms with Gasteiger partial charge in [-0.1, -0.05) is 51.1 Å². The number of hydrogen-bond donors (Lipinski definition) is 0. The zero-order valence-corrected chi connectivity index (χ0v) is 20.5. The topological polar surface area (TPSA) is 48.0 Å². The Labute approximate surface area is 177 Å². The van der Waals surface area contributed by atoms with Crippen LogP contribution in [0.25, 0.3) is 0 Å². The average Bonchev–Trinajstić information content (AvgIpc) is 2.95. The summed E-state index contributed by atoms with van der Waals surface area (Å²) in [6, 6.07) is 10.1. The summed E-state index contributed by atoms with van der Waals surface area (Å²) in [5.74, 6) is 0. The number of amides is 1. The molecule has 1 aliphatic rings. The third kappa shape index (κ3) is 7.12. The maximum atomic E-state index is 12.8. The van der Waals surface area contributed by atoms with Gasteiger partial charge in [-0.3, -0.25) is 0 Å². The fourth-order valence-corrected chi connectivity index (χ4v) is 4.50. The van der Waals surface area contributed by atoms with Crippen molar-refractivity contribution >= 4 is 14.4 Å². The van der Waals surface area contributed by atoms with Gasteiger partial charge in [-0.25, -0.2) is 4.79 Å². The molecule has 0 aromatic heterocycles. The molecule has 0 unspecified atom stereocenters. The second-order valence-electron chi connectivity index (χ2n) is 10.5. The Morgan fingerprint density at radius 3 is 2.28 bits per heavy atom. The smallest absolute Gasteiger partial charge is 0.410 e. The third-order valence-corrected chi connectivity index (χ3v) is 10.2. The predicted octanol–water partition coefficient (Wildman–Crippen LogP) is 5.60. The largest absolute Gasteiger partial charge is 0.444 e. The van der Waals surface area contributed by atoms with Crippen molar-refractivity contribution in [3.05, 3.63) is 35.9 Å². The van der Waals surface area contributed by atoms with E-state index >= 15 is 0 Å². The molecule has 2 rings (SSSR count). The Morgan fingerprint density at radius 1 is 1.10 bits per heavy atom. The summed E-state index contributed by atoms with van der Waals surface area (Å²) < 4.78 is 18.2. The fraction of sp³-hybridized carbons (Fsp3) is 0.696. The first-order chi connectivity index (χ1) is 13.3. The van der Waals surface area contributed by atoms with Crippen LogP contribution in [0.1, 0.15) is 53.5 Å². The van der Waals surface area contributed by atoms with Gasteiger partial charge in [0, 0.05) is 6.54 Å². The number of likely N-dealkylation sites (tertiary alicyclic amines) is 1. The second kappa shape index (κ2) is 9.19. The van der Waals surface area contributed by atoms with E-state index in [0.717, 1.165) is 12.0 Å². The van der Waals surface area contributed by atoms with E-state index in [2.05, 4.69) is 33.9 Å². The lowest BCUT2D eigenvalue weighted by molar-refractivity contribution is 0.00823. The van der Waals surface area contributed by atoms with Gasteiger partial charge in [0.15, 0.2) is 8.32 Å². The molecule has 2 atom stereocenters. The molecule has 0 bridgehead atoms. The molecule has 1 aliphatic heterocycles. The highest BCUT2D eigenvalue weighted by Gasteiger charge is 2.44. The minimum Gasteiger partial charge on any atom is -0.444 e. The van der Waals surface area contributed by atoms with Crippen LogP contribution in [-0.4, -0.2) is 50.2 Å². The Kier molecular flexibility index (Phi) is 7.57. The van der Waals surface area contributed by atoms with Gasteiger partial charge in [0.2, 0.25) is 0 Å². The van der Waals surface area contributed by atoms with Crippen molar-refractivity contribution in [1.82, 2.24) is 4.90 Å². The maximum Gasteiger partial charge on any atom is 0.410 e. The molecule has 6 heteroatoms. The molecule has 0 radical (unpaired) electrons. The molecule has 1 amide bonds. The van der Waals surface area contributed by atoms with Crippen LogP contribution in [0.5, 0.6) is 0 Å². The number of hydrogen-bond acceptors (Lipinski definition) is 4. The molecule has 164 valence electrons. The quantitative estimate of drug-likeness (QED) is 0.561. The molecule has 0 spiro atoms. The highest BCUT2D eigenvalue weighted by atomic mass is 28.4. The highest BCUT2D eigenvalue weighted by Crippen LogP contribution is 2.39. The predicted molar refractivity (Wildman–Crippen MR) is 120 cm³/mol. The van der Waals surface area contributed by atoms with Crippen molar-refractivity contribution in [2.45, 2.75) is 90.4 Å².